The topological polar surface area (TPSA) is 74.2 Å². The van der Waals surface area contributed by atoms with Crippen molar-refractivity contribution in [3.63, 3.8) is 0 Å². The molecule has 0 aliphatic heterocycles. The predicted molar refractivity (Wildman–Crippen MR) is 71.9 cm³/mol. The largest absolute Gasteiger partial charge is 0.388 e. The second-order valence-corrected chi connectivity index (χ2v) is 5.88. The Morgan fingerprint density at radius 1 is 1.61 bits per heavy atom. The number of amides is 2. The van der Waals surface area contributed by atoms with Crippen molar-refractivity contribution in [1.82, 2.24) is 10.3 Å². The molecule has 2 amide bonds. The summed E-state index contributed by atoms with van der Waals surface area (Å²) in [6.07, 6.45) is 6.42. The summed E-state index contributed by atoms with van der Waals surface area (Å²) < 4.78 is 0. The zero-order valence-corrected chi connectivity index (χ0v) is 11.3. The third kappa shape index (κ3) is 3.43. The molecular formula is C12H19N3O2S. The van der Waals surface area contributed by atoms with Gasteiger partial charge in [0.15, 0.2) is 5.13 Å². The maximum atomic E-state index is 11.6. The number of rotatable bonds is 5. The number of anilines is 1. The predicted octanol–water partition coefficient (Wildman–Crippen LogP) is 2.13. The highest BCUT2D eigenvalue weighted by atomic mass is 32.1. The highest BCUT2D eigenvalue weighted by Crippen LogP contribution is 2.30. The van der Waals surface area contributed by atoms with E-state index in [1.165, 1.54) is 16.2 Å². The summed E-state index contributed by atoms with van der Waals surface area (Å²) in [7, 11) is 0. The van der Waals surface area contributed by atoms with E-state index in [2.05, 4.69) is 22.5 Å². The Kier molecular flexibility index (Phi) is 4.19. The van der Waals surface area contributed by atoms with Gasteiger partial charge in [-0.2, -0.15) is 0 Å². The molecule has 0 aromatic carbocycles. The molecule has 6 heteroatoms. The fourth-order valence-electron chi connectivity index (χ4n) is 1.88. The van der Waals surface area contributed by atoms with Gasteiger partial charge in [-0.15, -0.1) is 11.3 Å². The number of nitrogens with one attached hydrogen (secondary N) is 2. The van der Waals surface area contributed by atoms with Gasteiger partial charge in [-0.05, 0) is 25.7 Å². The maximum Gasteiger partial charge on any atom is 0.321 e. The molecular weight excluding hydrogens is 250 g/mol. The van der Waals surface area contributed by atoms with Crippen LogP contribution in [0.5, 0.6) is 0 Å². The summed E-state index contributed by atoms with van der Waals surface area (Å²) in [4.78, 5) is 16.9. The number of nitrogens with zero attached hydrogens (tertiary/aromatic N) is 1. The van der Waals surface area contributed by atoms with E-state index in [0.29, 0.717) is 11.7 Å². The van der Waals surface area contributed by atoms with Gasteiger partial charge >= 0.3 is 6.03 Å². The van der Waals surface area contributed by atoms with Gasteiger partial charge in [0.2, 0.25) is 0 Å². The molecule has 1 aliphatic carbocycles. The van der Waals surface area contributed by atoms with Crippen LogP contribution in [-0.4, -0.2) is 28.3 Å². The first-order valence-electron chi connectivity index (χ1n) is 6.33. The van der Waals surface area contributed by atoms with Crippen molar-refractivity contribution in [3.05, 3.63) is 11.1 Å². The highest BCUT2D eigenvalue weighted by Gasteiger charge is 2.34. The Morgan fingerprint density at radius 2 is 2.39 bits per heavy atom. The molecule has 0 unspecified atom stereocenters. The number of urea groups is 1. The number of aryl methyl sites for hydroxylation is 1. The second kappa shape index (κ2) is 5.67. The van der Waals surface area contributed by atoms with E-state index in [4.69, 9.17) is 0 Å². The van der Waals surface area contributed by atoms with Gasteiger partial charge in [-0.3, -0.25) is 5.32 Å². The lowest BCUT2D eigenvalue weighted by Gasteiger charge is -2.36. The standard InChI is InChI=1S/C12H19N3O2S/c1-2-4-9-7-13-11(18-9)15-10(16)14-8-12(17)5-3-6-12/h7,17H,2-6,8H2,1H3,(H2,13,14,15,16). The zero-order valence-electron chi connectivity index (χ0n) is 10.5. The molecule has 18 heavy (non-hydrogen) atoms. The third-order valence-electron chi connectivity index (χ3n) is 3.13. The molecule has 3 N–H and O–H groups in total. The molecule has 0 radical (unpaired) electrons. The lowest BCUT2D eigenvalue weighted by molar-refractivity contribution is -0.0287. The molecule has 0 bridgehead atoms. The van der Waals surface area contributed by atoms with E-state index in [1.807, 2.05) is 0 Å². The highest BCUT2D eigenvalue weighted by molar-refractivity contribution is 7.15. The average molecular weight is 269 g/mol. The first-order valence-corrected chi connectivity index (χ1v) is 7.15. The van der Waals surface area contributed by atoms with Gasteiger partial charge in [0, 0.05) is 17.6 Å². The Balaban J connectivity index is 1.75. The smallest absolute Gasteiger partial charge is 0.321 e. The fourth-order valence-corrected chi connectivity index (χ4v) is 2.78. The molecule has 1 heterocycles. The van der Waals surface area contributed by atoms with Crippen LogP contribution in [0.15, 0.2) is 6.20 Å². The molecule has 0 spiro atoms. The normalized spacial score (nSPS) is 17.0. The molecule has 1 aromatic heterocycles. The van der Waals surface area contributed by atoms with Crippen molar-refractivity contribution in [3.8, 4) is 0 Å². The number of carbonyl (C=O) groups is 1. The van der Waals surface area contributed by atoms with Crippen LogP contribution in [0.25, 0.3) is 0 Å². The minimum Gasteiger partial charge on any atom is -0.388 e. The number of hydrogen-bond donors (Lipinski definition) is 3. The monoisotopic (exact) mass is 269 g/mol. The first kappa shape index (κ1) is 13.3. The molecule has 1 saturated carbocycles. The number of aliphatic hydroxyl groups is 1. The van der Waals surface area contributed by atoms with Crippen LogP contribution in [-0.2, 0) is 6.42 Å². The number of thiazole rings is 1. The van der Waals surface area contributed by atoms with Gasteiger partial charge in [0.1, 0.15) is 0 Å². The van der Waals surface area contributed by atoms with Crippen molar-refractivity contribution in [2.75, 3.05) is 11.9 Å². The van der Waals surface area contributed by atoms with Gasteiger partial charge in [0.25, 0.3) is 0 Å². The Bertz CT molecular complexity index is 415. The summed E-state index contributed by atoms with van der Waals surface area (Å²) in [5.74, 6) is 0. The summed E-state index contributed by atoms with van der Waals surface area (Å²) in [5.41, 5.74) is -0.687. The van der Waals surface area contributed by atoms with E-state index >= 15 is 0 Å². The molecule has 1 aliphatic rings. The summed E-state index contributed by atoms with van der Waals surface area (Å²) in [6, 6.07) is -0.298. The third-order valence-corrected chi connectivity index (χ3v) is 4.11. The van der Waals surface area contributed by atoms with E-state index in [0.717, 1.165) is 32.1 Å². The first-order chi connectivity index (χ1) is 8.61. The molecule has 1 fully saturated rings. The molecule has 1 aromatic rings. The fraction of sp³-hybridized carbons (Fsp3) is 0.667. The van der Waals surface area contributed by atoms with Gasteiger partial charge < -0.3 is 10.4 Å². The van der Waals surface area contributed by atoms with Crippen LogP contribution in [0.2, 0.25) is 0 Å². The van der Waals surface area contributed by atoms with Crippen LogP contribution in [0, 0.1) is 0 Å². The van der Waals surface area contributed by atoms with Crippen LogP contribution in [0.1, 0.15) is 37.5 Å². The maximum absolute atomic E-state index is 11.6. The van der Waals surface area contributed by atoms with Crippen LogP contribution in [0.3, 0.4) is 0 Å². The quantitative estimate of drug-likeness (QED) is 0.766. The van der Waals surface area contributed by atoms with E-state index in [9.17, 15) is 9.90 Å². The Labute approximate surface area is 111 Å². The van der Waals surface area contributed by atoms with E-state index < -0.39 is 5.60 Å². The lowest BCUT2D eigenvalue weighted by atomic mass is 9.80. The molecule has 5 nitrogen and oxygen atoms in total. The Morgan fingerprint density at radius 3 is 3.00 bits per heavy atom. The van der Waals surface area contributed by atoms with Crippen LogP contribution >= 0.6 is 11.3 Å². The van der Waals surface area contributed by atoms with Gasteiger partial charge in [-0.1, -0.05) is 13.3 Å². The van der Waals surface area contributed by atoms with Gasteiger partial charge in [-0.25, -0.2) is 9.78 Å². The summed E-state index contributed by atoms with van der Waals surface area (Å²) in [5, 5.41) is 15.8. The number of aromatic nitrogens is 1. The molecule has 0 saturated heterocycles. The second-order valence-electron chi connectivity index (χ2n) is 4.77. The van der Waals surface area contributed by atoms with Crippen molar-refractivity contribution >= 4 is 22.5 Å². The SMILES string of the molecule is CCCc1cnc(NC(=O)NCC2(O)CCC2)s1. The molecule has 100 valence electrons. The van der Waals surface area contributed by atoms with E-state index in [1.54, 1.807) is 6.20 Å². The molecule has 2 rings (SSSR count). The van der Waals surface area contributed by atoms with Crippen LogP contribution in [0.4, 0.5) is 9.93 Å². The van der Waals surface area contributed by atoms with Gasteiger partial charge in [0.05, 0.1) is 5.60 Å². The van der Waals surface area contributed by atoms with E-state index in [-0.39, 0.29) is 6.03 Å². The lowest BCUT2D eigenvalue weighted by Crippen LogP contribution is -2.48. The van der Waals surface area contributed by atoms with Crippen LogP contribution < -0.4 is 10.6 Å². The van der Waals surface area contributed by atoms with Crippen molar-refractivity contribution < 1.29 is 9.90 Å². The Hall–Kier alpha value is -1.14. The average Bonchev–Trinajstić information content (AvgIpc) is 2.72. The van der Waals surface area contributed by atoms with Crippen molar-refractivity contribution in [1.29, 1.82) is 0 Å². The van der Waals surface area contributed by atoms with Crippen molar-refractivity contribution in [2.45, 2.75) is 44.6 Å². The summed E-state index contributed by atoms with van der Waals surface area (Å²) >= 11 is 1.49. The minimum absolute atomic E-state index is 0.298. The van der Waals surface area contributed by atoms with Crippen molar-refractivity contribution in [2.24, 2.45) is 0 Å². The molecule has 0 atom stereocenters. The number of carbonyl (C=O) groups excluding carboxylic acids is 1. The zero-order chi connectivity index (χ0) is 13.0. The number of hydrogen-bond acceptors (Lipinski definition) is 4. The minimum atomic E-state index is -0.687. The summed E-state index contributed by atoms with van der Waals surface area (Å²) in [6.45, 7) is 2.42.